The molecule has 1 N–H and O–H groups in total. The zero-order chi connectivity index (χ0) is 20.8. The van der Waals surface area contributed by atoms with Gasteiger partial charge >= 0.3 is 0 Å². The number of likely N-dealkylation sites (tertiary alicyclic amines) is 1. The molecule has 3 heterocycles. The molecule has 1 aliphatic heterocycles. The van der Waals surface area contributed by atoms with Crippen LogP contribution in [0, 0.1) is 10.7 Å². The quantitative estimate of drug-likeness (QED) is 0.592. The van der Waals surface area contributed by atoms with Crippen molar-refractivity contribution in [1.82, 2.24) is 24.2 Å². The Morgan fingerprint density at radius 3 is 2.80 bits per heavy atom. The lowest BCUT2D eigenvalue weighted by Gasteiger charge is -2.31. The highest BCUT2D eigenvalue weighted by Gasteiger charge is 2.26. The van der Waals surface area contributed by atoms with Crippen molar-refractivity contribution in [2.45, 2.75) is 32.5 Å². The Kier molecular flexibility index (Phi) is 6.66. The van der Waals surface area contributed by atoms with Crippen molar-refractivity contribution in [3.8, 4) is 0 Å². The Morgan fingerprint density at radius 1 is 1.17 bits per heavy atom. The van der Waals surface area contributed by atoms with E-state index in [1.54, 1.807) is 12.5 Å². The summed E-state index contributed by atoms with van der Waals surface area (Å²) < 4.78 is 4.51. The van der Waals surface area contributed by atoms with Gasteiger partial charge in [-0.25, -0.2) is 4.68 Å². The summed E-state index contributed by atoms with van der Waals surface area (Å²) in [5, 5.41) is 7.50. The number of nitrogens with zero attached hydrogens (tertiary/aromatic N) is 5. The number of aryl methyl sites for hydroxylation is 2. The molecule has 2 aromatic heterocycles. The molecular weight excluding hydrogens is 396 g/mol. The van der Waals surface area contributed by atoms with E-state index in [0.29, 0.717) is 18.0 Å². The second kappa shape index (κ2) is 9.77. The van der Waals surface area contributed by atoms with Gasteiger partial charge in [0, 0.05) is 37.1 Å². The van der Waals surface area contributed by atoms with Crippen LogP contribution < -0.4 is 5.32 Å². The Hall–Kier alpha value is -2.84. The van der Waals surface area contributed by atoms with Gasteiger partial charge in [-0.15, -0.1) is 0 Å². The summed E-state index contributed by atoms with van der Waals surface area (Å²) in [5.74, 6) is 0.0507. The highest BCUT2D eigenvalue weighted by atomic mass is 32.1. The molecule has 1 unspecified atom stereocenters. The Morgan fingerprint density at radius 2 is 2.00 bits per heavy atom. The lowest BCUT2D eigenvalue weighted by molar-refractivity contribution is -0.121. The Labute approximate surface area is 181 Å². The lowest BCUT2D eigenvalue weighted by atomic mass is 9.97. The van der Waals surface area contributed by atoms with Gasteiger partial charge in [0.15, 0.2) is 4.77 Å². The fourth-order valence-corrected chi connectivity index (χ4v) is 4.00. The molecule has 0 saturated carbocycles. The lowest BCUT2D eigenvalue weighted by Crippen LogP contribution is -2.41. The van der Waals surface area contributed by atoms with E-state index in [1.807, 2.05) is 57.8 Å². The number of carbonyl (C=O) groups is 1. The first kappa shape index (κ1) is 20.4. The fourth-order valence-electron chi connectivity index (χ4n) is 3.76. The number of anilines is 1. The molecule has 4 rings (SSSR count). The summed E-state index contributed by atoms with van der Waals surface area (Å²) in [5.41, 5.74) is 1.88. The topological polar surface area (TPSA) is 68.0 Å². The van der Waals surface area contributed by atoms with Crippen LogP contribution in [-0.4, -0.2) is 43.2 Å². The monoisotopic (exact) mass is 422 g/mol. The van der Waals surface area contributed by atoms with Gasteiger partial charge in [-0.1, -0.05) is 24.3 Å². The Balaban J connectivity index is 1.33. The highest BCUT2D eigenvalue weighted by Crippen LogP contribution is 2.19. The van der Waals surface area contributed by atoms with Crippen molar-refractivity contribution in [3.63, 3.8) is 0 Å². The van der Waals surface area contributed by atoms with Crippen molar-refractivity contribution in [2.75, 3.05) is 18.4 Å². The molecule has 30 heavy (non-hydrogen) atoms. The summed E-state index contributed by atoms with van der Waals surface area (Å²) in [6.07, 6.45) is 6.29. The van der Waals surface area contributed by atoms with Crippen LogP contribution in [0.15, 0.2) is 61.1 Å². The first-order valence-electron chi connectivity index (χ1n) is 10.3. The van der Waals surface area contributed by atoms with E-state index in [-0.39, 0.29) is 11.8 Å². The average Bonchev–Trinajstić information content (AvgIpc) is 3.13. The van der Waals surface area contributed by atoms with Crippen molar-refractivity contribution in [2.24, 2.45) is 5.92 Å². The van der Waals surface area contributed by atoms with Crippen LogP contribution in [0.2, 0.25) is 0 Å². The molecule has 0 spiro atoms. The minimum absolute atomic E-state index is 0.0284. The van der Waals surface area contributed by atoms with Gasteiger partial charge in [0.1, 0.15) is 6.33 Å². The van der Waals surface area contributed by atoms with Crippen LogP contribution in [0.3, 0.4) is 0 Å². The smallest absolute Gasteiger partial charge is 0.228 e. The van der Waals surface area contributed by atoms with Gasteiger partial charge in [0.05, 0.1) is 12.6 Å². The average molecular weight is 423 g/mol. The summed E-state index contributed by atoms with van der Waals surface area (Å²) in [4.78, 5) is 19.3. The van der Waals surface area contributed by atoms with Crippen LogP contribution in [0.4, 0.5) is 5.69 Å². The van der Waals surface area contributed by atoms with E-state index < -0.39 is 0 Å². The highest BCUT2D eigenvalue weighted by molar-refractivity contribution is 7.71. The molecule has 0 bridgehead atoms. The number of hydrogen-bond acceptors (Lipinski definition) is 5. The number of para-hydroxylation sites is 1. The Bertz CT molecular complexity index is 1020. The van der Waals surface area contributed by atoms with Crippen LogP contribution in [0.25, 0.3) is 0 Å². The largest absolute Gasteiger partial charge is 0.326 e. The minimum atomic E-state index is -0.0284. The third-order valence-corrected chi connectivity index (χ3v) is 5.83. The minimum Gasteiger partial charge on any atom is -0.326 e. The second-order valence-electron chi connectivity index (χ2n) is 7.59. The fraction of sp³-hybridized carbons (Fsp3) is 0.364. The number of piperidine rings is 1. The molecule has 7 nitrogen and oxygen atoms in total. The molecule has 1 amide bonds. The number of amides is 1. The molecule has 3 aromatic rings. The molecule has 8 heteroatoms. The maximum absolute atomic E-state index is 12.7. The maximum Gasteiger partial charge on any atom is 0.228 e. The van der Waals surface area contributed by atoms with Crippen LogP contribution in [-0.2, 0) is 24.4 Å². The first-order chi connectivity index (χ1) is 14.7. The molecule has 1 aliphatic rings. The standard InChI is InChI=1S/C22H26N6OS/c29-21(25-20-9-2-1-3-10-20)18-7-6-13-26(15-18)17-28-22(30)27(16-24-28)14-11-19-8-4-5-12-23-19/h1-5,8-10,12,16,18H,6-7,11,13-15,17H2,(H,25,29). The molecule has 0 radical (unpaired) electrons. The SMILES string of the molecule is O=C(Nc1ccccc1)C1CCCN(Cn2ncn(CCc3ccccn3)c2=S)C1. The maximum atomic E-state index is 12.7. The normalized spacial score (nSPS) is 17.0. The third kappa shape index (κ3) is 5.20. The van der Waals surface area contributed by atoms with Crippen molar-refractivity contribution >= 4 is 23.8 Å². The van der Waals surface area contributed by atoms with Gasteiger partial charge in [0.25, 0.3) is 0 Å². The molecule has 1 saturated heterocycles. The zero-order valence-corrected chi connectivity index (χ0v) is 17.7. The molecule has 1 aromatic carbocycles. The molecular formula is C22H26N6OS. The number of nitrogens with one attached hydrogen (secondary N) is 1. The van der Waals surface area contributed by atoms with Gasteiger partial charge in [-0.3, -0.25) is 14.7 Å². The van der Waals surface area contributed by atoms with Gasteiger partial charge in [0.2, 0.25) is 5.91 Å². The van der Waals surface area contributed by atoms with E-state index in [1.165, 1.54) is 0 Å². The number of hydrogen-bond donors (Lipinski definition) is 1. The van der Waals surface area contributed by atoms with Crippen LogP contribution >= 0.6 is 12.2 Å². The molecule has 156 valence electrons. The summed E-state index contributed by atoms with van der Waals surface area (Å²) >= 11 is 5.61. The second-order valence-corrected chi connectivity index (χ2v) is 7.96. The summed E-state index contributed by atoms with van der Waals surface area (Å²) in [6, 6.07) is 15.5. The van der Waals surface area contributed by atoms with E-state index in [4.69, 9.17) is 12.2 Å². The molecule has 0 aliphatic carbocycles. The summed E-state index contributed by atoms with van der Waals surface area (Å²) in [6.45, 7) is 3.00. The predicted molar refractivity (Wildman–Crippen MR) is 118 cm³/mol. The van der Waals surface area contributed by atoms with Crippen LogP contribution in [0.5, 0.6) is 0 Å². The van der Waals surface area contributed by atoms with Crippen molar-refractivity contribution in [1.29, 1.82) is 0 Å². The van der Waals surface area contributed by atoms with Gasteiger partial charge in [-0.05, 0) is 55.9 Å². The van der Waals surface area contributed by atoms with E-state index in [9.17, 15) is 4.79 Å². The number of aromatic nitrogens is 4. The molecule has 1 fully saturated rings. The molecule has 1 atom stereocenters. The predicted octanol–water partition coefficient (Wildman–Crippen LogP) is 3.36. The van der Waals surface area contributed by atoms with E-state index >= 15 is 0 Å². The van der Waals surface area contributed by atoms with Crippen molar-refractivity contribution in [3.05, 3.63) is 71.5 Å². The van der Waals surface area contributed by atoms with Crippen LogP contribution in [0.1, 0.15) is 18.5 Å². The van der Waals surface area contributed by atoms with Gasteiger partial charge in [-0.2, -0.15) is 5.10 Å². The van der Waals surface area contributed by atoms with E-state index in [2.05, 4.69) is 20.3 Å². The van der Waals surface area contributed by atoms with Gasteiger partial charge < -0.3 is 9.88 Å². The zero-order valence-electron chi connectivity index (χ0n) is 16.9. The number of benzene rings is 1. The third-order valence-electron chi connectivity index (χ3n) is 5.38. The number of pyridine rings is 1. The first-order valence-corrected chi connectivity index (χ1v) is 10.7. The summed E-state index contributed by atoms with van der Waals surface area (Å²) in [7, 11) is 0. The number of rotatable bonds is 7. The number of carbonyl (C=O) groups excluding carboxylic acids is 1. The van der Waals surface area contributed by atoms with Crippen molar-refractivity contribution < 1.29 is 4.79 Å². The van der Waals surface area contributed by atoms with E-state index in [0.717, 1.165) is 43.7 Å².